The number of benzene rings is 1. The Morgan fingerprint density at radius 2 is 1.94 bits per heavy atom. The van der Waals surface area contributed by atoms with E-state index < -0.39 is 5.97 Å². The number of ether oxygens (including phenoxy) is 1. The summed E-state index contributed by atoms with van der Waals surface area (Å²) < 4.78 is 4.74. The van der Waals surface area contributed by atoms with E-state index in [1.54, 1.807) is 30.6 Å². The Morgan fingerprint density at radius 3 is 2.59 bits per heavy atom. The first-order chi connectivity index (χ1) is 8.22. The Hall–Kier alpha value is -1.87. The highest BCUT2D eigenvalue weighted by atomic mass is 35.5. The van der Waals surface area contributed by atoms with Gasteiger partial charge in [0.2, 0.25) is 0 Å². The zero-order valence-corrected chi connectivity index (χ0v) is 9.94. The van der Waals surface area contributed by atoms with Crippen LogP contribution in [0, 0.1) is 0 Å². The first kappa shape index (κ1) is 11.6. The molecule has 0 unspecified atom stereocenters. The molecule has 0 saturated heterocycles. The minimum absolute atomic E-state index is 0.403. The quantitative estimate of drug-likeness (QED) is 0.765. The van der Waals surface area contributed by atoms with Gasteiger partial charge >= 0.3 is 5.97 Å². The highest BCUT2D eigenvalue weighted by Crippen LogP contribution is 2.26. The SMILES string of the molecule is COC(=O)c1cc(Cl)ccc1-c1ccncc1. The van der Waals surface area contributed by atoms with Gasteiger partial charge in [-0.2, -0.15) is 0 Å². The van der Waals surface area contributed by atoms with Crippen LogP contribution >= 0.6 is 11.6 Å². The molecule has 0 spiro atoms. The van der Waals surface area contributed by atoms with Gasteiger partial charge in [0.1, 0.15) is 0 Å². The smallest absolute Gasteiger partial charge is 0.338 e. The van der Waals surface area contributed by atoms with Crippen molar-refractivity contribution in [3.05, 3.63) is 53.3 Å². The first-order valence-electron chi connectivity index (χ1n) is 5.00. The molecule has 3 nitrogen and oxygen atoms in total. The van der Waals surface area contributed by atoms with Crippen molar-refractivity contribution in [2.75, 3.05) is 7.11 Å². The zero-order valence-electron chi connectivity index (χ0n) is 9.18. The number of hydrogen-bond acceptors (Lipinski definition) is 3. The number of pyridine rings is 1. The molecule has 1 heterocycles. The maximum absolute atomic E-state index is 11.7. The third-order valence-corrected chi connectivity index (χ3v) is 2.61. The van der Waals surface area contributed by atoms with E-state index in [0.717, 1.165) is 11.1 Å². The van der Waals surface area contributed by atoms with E-state index in [0.29, 0.717) is 10.6 Å². The van der Waals surface area contributed by atoms with Gasteiger partial charge < -0.3 is 4.74 Å². The summed E-state index contributed by atoms with van der Waals surface area (Å²) in [7, 11) is 1.35. The molecule has 0 amide bonds. The first-order valence-corrected chi connectivity index (χ1v) is 5.38. The molecule has 0 radical (unpaired) electrons. The second-order valence-corrected chi connectivity index (χ2v) is 3.85. The fraction of sp³-hybridized carbons (Fsp3) is 0.0769. The number of aromatic nitrogens is 1. The van der Waals surface area contributed by atoms with Gasteiger partial charge in [-0.25, -0.2) is 4.79 Å². The molecule has 0 bridgehead atoms. The second-order valence-electron chi connectivity index (χ2n) is 3.42. The van der Waals surface area contributed by atoms with Gasteiger partial charge in [-0.15, -0.1) is 0 Å². The normalized spacial score (nSPS) is 10.0. The summed E-state index contributed by atoms with van der Waals surface area (Å²) in [5.74, 6) is -0.403. The summed E-state index contributed by atoms with van der Waals surface area (Å²) in [5.41, 5.74) is 2.13. The van der Waals surface area contributed by atoms with Crippen molar-refractivity contribution in [2.24, 2.45) is 0 Å². The molecule has 86 valence electrons. The molecule has 0 N–H and O–H groups in total. The monoisotopic (exact) mass is 247 g/mol. The van der Waals surface area contributed by atoms with Crippen molar-refractivity contribution in [1.29, 1.82) is 0 Å². The van der Waals surface area contributed by atoms with Crippen LogP contribution < -0.4 is 0 Å². The number of hydrogen-bond donors (Lipinski definition) is 0. The van der Waals surface area contributed by atoms with Crippen molar-refractivity contribution >= 4 is 17.6 Å². The Labute approximate surface area is 104 Å². The van der Waals surface area contributed by atoms with E-state index in [4.69, 9.17) is 16.3 Å². The standard InChI is InChI=1S/C13H10ClNO2/c1-17-13(16)12-8-10(14)2-3-11(12)9-4-6-15-7-5-9/h2-8H,1H3. The number of carbonyl (C=O) groups is 1. The lowest BCUT2D eigenvalue weighted by atomic mass is 10.0. The maximum atomic E-state index is 11.7. The Morgan fingerprint density at radius 1 is 1.24 bits per heavy atom. The maximum Gasteiger partial charge on any atom is 0.338 e. The van der Waals surface area contributed by atoms with Crippen LogP contribution in [0.1, 0.15) is 10.4 Å². The summed E-state index contributed by atoms with van der Waals surface area (Å²) in [6.45, 7) is 0. The molecule has 0 aliphatic heterocycles. The summed E-state index contributed by atoms with van der Waals surface area (Å²) >= 11 is 5.89. The average Bonchev–Trinajstić information content (AvgIpc) is 2.38. The molecular formula is C13H10ClNO2. The van der Waals surface area contributed by atoms with Crippen LogP contribution in [0.4, 0.5) is 0 Å². The molecule has 2 rings (SSSR count). The predicted octanol–water partition coefficient (Wildman–Crippen LogP) is 3.19. The van der Waals surface area contributed by atoms with Gasteiger partial charge in [0, 0.05) is 17.4 Å². The molecule has 0 aliphatic carbocycles. The van der Waals surface area contributed by atoms with E-state index in [1.807, 2.05) is 12.1 Å². The highest BCUT2D eigenvalue weighted by Gasteiger charge is 2.13. The average molecular weight is 248 g/mol. The third kappa shape index (κ3) is 2.45. The molecule has 0 atom stereocenters. The third-order valence-electron chi connectivity index (χ3n) is 2.38. The lowest BCUT2D eigenvalue weighted by molar-refractivity contribution is 0.0601. The van der Waals surface area contributed by atoms with Gasteiger partial charge in [-0.1, -0.05) is 17.7 Å². The summed E-state index contributed by atoms with van der Waals surface area (Å²) in [6, 6.07) is 8.79. The molecule has 17 heavy (non-hydrogen) atoms. The Kier molecular flexibility index (Phi) is 3.40. The van der Waals surface area contributed by atoms with Crippen LogP contribution in [0.3, 0.4) is 0 Å². The van der Waals surface area contributed by atoms with Gasteiger partial charge in [0.05, 0.1) is 12.7 Å². The Bertz CT molecular complexity index is 540. The minimum Gasteiger partial charge on any atom is -0.465 e. The summed E-state index contributed by atoms with van der Waals surface area (Å²) in [6.07, 6.45) is 3.34. The van der Waals surface area contributed by atoms with Crippen molar-refractivity contribution < 1.29 is 9.53 Å². The van der Waals surface area contributed by atoms with Crippen molar-refractivity contribution in [3.63, 3.8) is 0 Å². The second kappa shape index (κ2) is 4.97. The molecule has 0 saturated carbocycles. The number of methoxy groups -OCH3 is 1. The number of carbonyl (C=O) groups excluding carboxylic acids is 1. The van der Waals surface area contributed by atoms with Crippen LogP contribution in [0.2, 0.25) is 5.02 Å². The summed E-state index contributed by atoms with van der Waals surface area (Å²) in [5, 5.41) is 0.503. The summed E-state index contributed by atoms with van der Waals surface area (Å²) in [4.78, 5) is 15.6. The van der Waals surface area contributed by atoms with Gasteiger partial charge in [0.25, 0.3) is 0 Å². The molecule has 0 fully saturated rings. The number of esters is 1. The van der Waals surface area contributed by atoms with Gasteiger partial charge in [0.15, 0.2) is 0 Å². The van der Waals surface area contributed by atoms with Gasteiger partial charge in [-0.3, -0.25) is 4.98 Å². The fourth-order valence-electron chi connectivity index (χ4n) is 1.58. The topological polar surface area (TPSA) is 39.2 Å². The van der Waals surface area contributed by atoms with E-state index in [2.05, 4.69) is 4.98 Å². The van der Waals surface area contributed by atoms with Gasteiger partial charge in [-0.05, 0) is 35.4 Å². The van der Waals surface area contributed by atoms with E-state index in [9.17, 15) is 4.79 Å². The molecule has 2 aromatic rings. The van der Waals surface area contributed by atoms with Crippen LogP contribution in [-0.4, -0.2) is 18.1 Å². The van der Waals surface area contributed by atoms with E-state index in [1.165, 1.54) is 7.11 Å². The fourth-order valence-corrected chi connectivity index (χ4v) is 1.75. The highest BCUT2D eigenvalue weighted by molar-refractivity contribution is 6.31. The lowest BCUT2D eigenvalue weighted by Gasteiger charge is -2.08. The van der Waals surface area contributed by atoms with E-state index >= 15 is 0 Å². The van der Waals surface area contributed by atoms with Crippen LogP contribution in [0.15, 0.2) is 42.7 Å². The van der Waals surface area contributed by atoms with Crippen molar-refractivity contribution in [2.45, 2.75) is 0 Å². The van der Waals surface area contributed by atoms with Crippen LogP contribution in [-0.2, 0) is 4.74 Å². The lowest BCUT2D eigenvalue weighted by Crippen LogP contribution is -2.03. The van der Waals surface area contributed by atoms with Crippen molar-refractivity contribution in [1.82, 2.24) is 4.98 Å². The molecule has 0 aliphatic rings. The largest absolute Gasteiger partial charge is 0.465 e. The number of rotatable bonds is 2. The minimum atomic E-state index is -0.403. The van der Waals surface area contributed by atoms with Crippen molar-refractivity contribution in [3.8, 4) is 11.1 Å². The zero-order chi connectivity index (χ0) is 12.3. The predicted molar refractivity (Wildman–Crippen MR) is 66.0 cm³/mol. The Balaban J connectivity index is 2.58. The van der Waals surface area contributed by atoms with E-state index in [-0.39, 0.29) is 0 Å². The van der Waals surface area contributed by atoms with Crippen LogP contribution in [0.25, 0.3) is 11.1 Å². The molecule has 1 aromatic carbocycles. The molecular weight excluding hydrogens is 238 g/mol. The molecule has 1 aromatic heterocycles. The van der Waals surface area contributed by atoms with Crippen LogP contribution in [0.5, 0.6) is 0 Å². The number of halogens is 1. The molecule has 4 heteroatoms. The number of nitrogens with zero attached hydrogens (tertiary/aromatic N) is 1.